The zero-order valence-corrected chi connectivity index (χ0v) is 12.9. The number of fused-ring (bicyclic) bond motifs is 1. The van der Waals surface area contributed by atoms with E-state index in [1.54, 1.807) is 18.0 Å². The SMILES string of the molecule is CSCC[C@@H]([NH3+])C(=O)N/N=C\C1=Cc2ccccc2OC1. The molecule has 5 nitrogen and oxygen atoms in total. The molecule has 1 aromatic rings. The Morgan fingerprint density at radius 3 is 3.19 bits per heavy atom. The molecule has 1 aliphatic heterocycles. The van der Waals surface area contributed by atoms with Crippen molar-refractivity contribution >= 4 is 30.0 Å². The second-order valence-electron chi connectivity index (χ2n) is 4.76. The molecule has 1 atom stereocenters. The molecule has 0 saturated carbocycles. The van der Waals surface area contributed by atoms with Crippen LogP contribution in [0.25, 0.3) is 6.08 Å². The fraction of sp³-hybridized carbons (Fsp3) is 0.333. The molecule has 0 fully saturated rings. The zero-order chi connectivity index (χ0) is 15.1. The predicted molar refractivity (Wildman–Crippen MR) is 86.2 cm³/mol. The van der Waals surface area contributed by atoms with Crippen molar-refractivity contribution in [2.45, 2.75) is 12.5 Å². The van der Waals surface area contributed by atoms with E-state index < -0.39 is 0 Å². The molecule has 1 amide bonds. The van der Waals surface area contributed by atoms with E-state index in [0.717, 1.165) is 29.1 Å². The molecule has 2 rings (SSSR count). The summed E-state index contributed by atoms with van der Waals surface area (Å²) in [5, 5.41) is 3.98. The van der Waals surface area contributed by atoms with Crippen molar-refractivity contribution in [1.29, 1.82) is 0 Å². The number of hydrazone groups is 1. The van der Waals surface area contributed by atoms with Crippen molar-refractivity contribution in [1.82, 2.24) is 5.43 Å². The first-order valence-corrected chi connectivity index (χ1v) is 8.17. The molecule has 1 aromatic carbocycles. The van der Waals surface area contributed by atoms with Crippen molar-refractivity contribution in [2.75, 3.05) is 18.6 Å². The summed E-state index contributed by atoms with van der Waals surface area (Å²) in [6.45, 7) is 0.455. The number of hydrogen-bond acceptors (Lipinski definition) is 4. The molecule has 1 aliphatic rings. The number of thioether (sulfide) groups is 1. The highest BCUT2D eigenvalue weighted by Gasteiger charge is 2.15. The summed E-state index contributed by atoms with van der Waals surface area (Å²) >= 11 is 1.70. The number of nitrogens with one attached hydrogen (secondary N) is 1. The third-order valence-electron chi connectivity index (χ3n) is 3.10. The second-order valence-corrected chi connectivity index (χ2v) is 5.74. The maximum atomic E-state index is 11.7. The maximum absolute atomic E-state index is 11.7. The van der Waals surface area contributed by atoms with Gasteiger partial charge in [-0.2, -0.15) is 16.9 Å². The standard InChI is InChI=1S/C15H19N3O2S/c1-21-7-6-13(16)15(19)18-17-9-11-8-12-4-2-3-5-14(12)20-10-11/h2-5,8-9,13H,6-7,10,16H2,1H3,(H,18,19)/p+1/b17-9-/t13-/m1/s1. The topological polar surface area (TPSA) is 78.3 Å². The number of amides is 1. The lowest BCUT2D eigenvalue weighted by Crippen LogP contribution is -2.67. The Morgan fingerprint density at radius 1 is 1.57 bits per heavy atom. The van der Waals surface area contributed by atoms with Crippen molar-refractivity contribution in [3.05, 3.63) is 35.4 Å². The molecule has 0 bridgehead atoms. The van der Waals surface area contributed by atoms with E-state index in [0.29, 0.717) is 6.61 Å². The molecule has 21 heavy (non-hydrogen) atoms. The summed E-state index contributed by atoms with van der Waals surface area (Å²) in [6, 6.07) is 7.54. The normalized spacial score (nSPS) is 15.0. The van der Waals surface area contributed by atoms with Gasteiger partial charge in [-0.25, -0.2) is 5.43 Å². The quantitative estimate of drug-likeness (QED) is 0.606. The first-order chi connectivity index (χ1) is 10.2. The van der Waals surface area contributed by atoms with Crippen molar-refractivity contribution in [3.63, 3.8) is 0 Å². The number of ether oxygens (including phenoxy) is 1. The molecule has 6 heteroatoms. The number of rotatable bonds is 6. The lowest BCUT2D eigenvalue weighted by Gasteiger charge is -2.15. The van der Waals surface area contributed by atoms with Gasteiger partial charge in [-0.1, -0.05) is 18.2 Å². The van der Waals surface area contributed by atoms with Gasteiger partial charge in [0.05, 0.1) is 6.21 Å². The molecule has 0 spiro atoms. The number of para-hydroxylation sites is 1. The molecule has 4 N–H and O–H groups in total. The van der Waals surface area contributed by atoms with Crippen LogP contribution >= 0.6 is 11.8 Å². The Hall–Kier alpha value is -1.79. The molecule has 112 valence electrons. The van der Waals surface area contributed by atoms with Crippen LogP contribution in [0.1, 0.15) is 12.0 Å². The fourth-order valence-electron chi connectivity index (χ4n) is 1.87. The van der Waals surface area contributed by atoms with Gasteiger partial charge in [-0.15, -0.1) is 0 Å². The summed E-state index contributed by atoms with van der Waals surface area (Å²) in [5.41, 5.74) is 8.29. The number of nitrogens with zero attached hydrogens (tertiary/aromatic N) is 1. The highest BCUT2D eigenvalue weighted by molar-refractivity contribution is 7.98. The van der Waals surface area contributed by atoms with Gasteiger partial charge in [0.2, 0.25) is 0 Å². The summed E-state index contributed by atoms with van der Waals surface area (Å²) in [7, 11) is 0. The minimum absolute atomic E-state index is 0.155. The minimum Gasteiger partial charge on any atom is -0.488 e. The van der Waals surface area contributed by atoms with Crippen LogP contribution in [-0.2, 0) is 4.79 Å². The van der Waals surface area contributed by atoms with Crippen molar-refractivity contribution < 1.29 is 15.3 Å². The average molecular weight is 306 g/mol. The van der Waals surface area contributed by atoms with Gasteiger partial charge in [0.25, 0.3) is 5.91 Å². The first-order valence-electron chi connectivity index (χ1n) is 6.78. The van der Waals surface area contributed by atoms with E-state index >= 15 is 0 Å². The third kappa shape index (κ3) is 4.61. The lowest BCUT2D eigenvalue weighted by atomic mass is 10.1. The minimum atomic E-state index is -0.271. The van der Waals surface area contributed by atoms with Crippen LogP contribution in [0.3, 0.4) is 0 Å². The summed E-state index contributed by atoms with van der Waals surface area (Å²) in [6.07, 6.45) is 6.39. The van der Waals surface area contributed by atoms with Gasteiger partial charge in [0.15, 0.2) is 6.04 Å². The maximum Gasteiger partial charge on any atom is 0.298 e. The van der Waals surface area contributed by atoms with Crippen LogP contribution in [0.4, 0.5) is 0 Å². The molecule has 0 saturated heterocycles. The van der Waals surface area contributed by atoms with E-state index in [9.17, 15) is 4.79 Å². The van der Waals surface area contributed by atoms with Gasteiger partial charge >= 0.3 is 0 Å². The van der Waals surface area contributed by atoms with Crippen LogP contribution in [0.5, 0.6) is 5.75 Å². The number of hydrogen-bond donors (Lipinski definition) is 2. The highest BCUT2D eigenvalue weighted by atomic mass is 32.2. The van der Waals surface area contributed by atoms with Gasteiger partial charge in [-0.05, 0) is 24.2 Å². The van der Waals surface area contributed by atoms with Crippen LogP contribution in [-0.4, -0.2) is 36.8 Å². The summed E-state index contributed by atoms with van der Waals surface area (Å²) in [4.78, 5) is 11.7. The second kappa shape index (κ2) is 7.85. The van der Waals surface area contributed by atoms with Gasteiger partial charge in [0.1, 0.15) is 12.4 Å². The van der Waals surface area contributed by atoms with Gasteiger partial charge in [-0.3, -0.25) is 4.79 Å². The molecular formula is C15H20N3O2S+. The van der Waals surface area contributed by atoms with E-state index in [1.165, 1.54) is 0 Å². The van der Waals surface area contributed by atoms with Crippen LogP contribution in [0, 0.1) is 0 Å². The largest absolute Gasteiger partial charge is 0.488 e. The Labute approximate surface area is 128 Å². The smallest absolute Gasteiger partial charge is 0.298 e. The number of benzene rings is 1. The average Bonchev–Trinajstić information content (AvgIpc) is 2.52. The summed E-state index contributed by atoms with van der Waals surface area (Å²) < 4.78 is 5.61. The Kier molecular flexibility index (Phi) is 5.83. The Bertz CT molecular complexity index is 558. The lowest BCUT2D eigenvalue weighted by molar-refractivity contribution is -0.403. The third-order valence-corrected chi connectivity index (χ3v) is 3.74. The van der Waals surface area contributed by atoms with Crippen molar-refractivity contribution in [3.8, 4) is 5.75 Å². The van der Waals surface area contributed by atoms with Crippen LogP contribution in [0.15, 0.2) is 34.9 Å². The van der Waals surface area contributed by atoms with E-state index in [4.69, 9.17) is 4.74 Å². The fourth-order valence-corrected chi connectivity index (χ4v) is 2.39. The van der Waals surface area contributed by atoms with E-state index in [-0.39, 0.29) is 11.9 Å². The molecule has 0 aromatic heterocycles. The molecule has 0 unspecified atom stereocenters. The van der Waals surface area contributed by atoms with Gasteiger partial charge in [0, 0.05) is 17.6 Å². The van der Waals surface area contributed by atoms with Crippen molar-refractivity contribution in [2.24, 2.45) is 5.10 Å². The number of carbonyl (C=O) groups is 1. The molecule has 0 aliphatic carbocycles. The first kappa shape index (κ1) is 15.6. The van der Waals surface area contributed by atoms with Gasteiger partial charge < -0.3 is 10.5 Å². The van der Waals surface area contributed by atoms with Crippen LogP contribution in [0.2, 0.25) is 0 Å². The molecule has 0 radical (unpaired) electrons. The monoisotopic (exact) mass is 306 g/mol. The summed E-state index contributed by atoms with van der Waals surface area (Å²) in [5.74, 6) is 1.63. The van der Waals surface area contributed by atoms with E-state index in [1.807, 2.05) is 36.6 Å². The zero-order valence-electron chi connectivity index (χ0n) is 12.0. The molecular weight excluding hydrogens is 286 g/mol. The molecule has 1 heterocycles. The highest BCUT2D eigenvalue weighted by Crippen LogP contribution is 2.24. The van der Waals surface area contributed by atoms with Crippen LogP contribution < -0.4 is 15.9 Å². The number of quaternary nitrogens is 1. The van der Waals surface area contributed by atoms with E-state index in [2.05, 4.69) is 16.3 Å². The Balaban J connectivity index is 1.88. The Morgan fingerprint density at radius 2 is 2.38 bits per heavy atom. The number of carbonyl (C=O) groups excluding carboxylic acids is 1. The predicted octanol–water partition coefficient (Wildman–Crippen LogP) is 0.928.